The van der Waals surface area contributed by atoms with Crippen molar-refractivity contribution in [3.05, 3.63) is 120 Å². The lowest BCUT2D eigenvalue weighted by molar-refractivity contribution is -0.467. The molecular weight excluding hydrogens is 508 g/mol. The van der Waals surface area contributed by atoms with Crippen LogP contribution < -0.4 is 4.40 Å². The lowest BCUT2D eigenvalue weighted by Crippen LogP contribution is -2.26. The number of pyridine rings is 1. The summed E-state index contributed by atoms with van der Waals surface area (Å²) < 4.78 is 5.06. The highest BCUT2D eigenvalue weighted by Crippen LogP contribution is 2.42. The van der Waals surface area contributed by atoms with E-state index in [9.17, 15) is 0 Å². The van der Waals surface area contributed by atoms with Gasteiger partial charge >= 0.3 is 0 Å². The SMILES string of the molecule is C=C.CCCC.Cc1ccc2c3cccc4c3c3n(C)c(c(-c5c(C)cc(-c6ccccc6)cc5C)[n+]3c2c1)CC4C. The summed E-state index contributed by atoms with van der Waals surface area (Å²) in [5, 5.41) is 4.10. The molecule has 0 N–H and O–H groups in total. The van der Waals surface area contributed by atoms with Gasteiger partial charge in [-0.15, -0.1) is 13.2 Å². The number of imidazole rings is 1. The summed E-state index contributed by atoms with van der Waals surface area (Å²) in [5.41, 5.74) is 14.8. The molecule has 0 amide bonds. The van der Waals surface area contributed by atoms with E-state index in [4.69, 9.17) is 0 Å². The lowest BCUT2D eigenvalue weighted by Gasteiger charge is -2.17. The highest BCUT2D eigenvalue weighted by molar-refractivity contribution is 6.11. The smallest absolute Gasteiger partial charge is 0.229 e. The number of rotatable bonds is 3. The number of hydrogen-bond acceptors (Lipinski definition) is 0. The van der Waals surface area contributed by atoms with Crippen molar-refractivity contribution in [3.63, 3.8) is 0 Å². The molecule has 42 heavy (non-hydrogen) atoms. The van der Waals surface area contributed by atoms with E-state index < -0.39 is 0 Å². The molecule has 0 radical (unpaired) electrons. The highest BCUT2D eigenvalue weighted by Gasteiger charge is 2.35. The Morgan fingerprint density at radius 2 is 1.45 bits per heavy atom. The van der Waals surface area contributed by atoms with Crippen LogP contribution in [0.1, 0.15) is 67.5 Å². The van der Waals surface area contributed by atoms with Gasteiger partial charge in [-0.25, -0.2) is 4.57 Å². The third-order valence-electron chi connectivity index (χ3n) is 8.84. The second kappa shape index (κ2) is 12.0. The van der Waals surface area contributed by atoms with Crippen LogP contribution in [0.2, 0.25) is 0 Å². The summed E-state index contributed by atoms with van der Waals surface area (Å²) in [6.07, 6.45) is 3.67. The van der Waals surface area contributed by atoms with Gasteiger partial charge in [-0.1, -0.05) is 100 Å². The van der Waals surface area contributed by atoms with E-state index in [2.05, 4.69) is 150 Å². The Hall–Kier alpha value is -4.17. The van der Waals surface area contributed by atoms with Gasteiger partial charge in [0.25, 0.3) is 5.65 Å². The number of benzene rings is 4. The number of fused-ring (bicyclic) bond motifs is 4. The maximum absolute atomic E-state index is 3.00. The Morgan fingerprint density at radius 3 is 2.10 bits per heavy atom. The Bertz CT molecular complexity index is 1880. The van der Waals surface area contributed by atoms with Crippen molar-refractivity contribution in [3.8, 4) is 22.4 Å². The second-order valence-electron chi connectivity index (χ2n) is 11.8. The molecular formula is C40H45N2+. The van der Waals surface area contributed by atoms with Crippen molar-refractivity contribution >= 4 is 27.3 Å². The molecule has 1 unspecified atom stereocenters. The topological polar surface area (TPSA) is 9.03 Å². The molecule has 0 aliphatic carbocycles. The summed E-state index contributed by atoms with van der Waals surface area (Å²) in [7, 11) is 2.27. The van der Waals surface area contributed by atoms with E-state index in [1.54, 1.807) is 0 Å². The first-order valence-electron chi connectivity index (χ1n) is 15.4. The first-order valence-corrected chi connectivity index (χ1v) is 15.4. The van der Waals surface area contributed by atoms with Crippen molar-refractivity contribution in [2.75, 3.05) is 0 Å². The number of aryl methyl sites for hydroxylation is 4. The standard InChI is InChI=1S/C34H31N2.C4H10.C2H4/c1-20-14-15-27-28-13-9-12-26-21(2)19-30-33(36(29(27)16-20)34(32(26)28)35(30)5)31-22(3)17-25(18-23(31)4)24-10-7-6-8-11-24;1-3-4-2;1-2/h6-18,21H,19H2,1-5H3;3-4H2,1-2H3;1-2H2/q+1;;. The lowest BCUT2D eigenvalue weighted by atomic mass is 9.87. The van der Waals surface area contributed by atoms with Crippen molar-refractivity contribution in [1.82, 2.24) is 4.57 Å². The van der Waals surface area contributed by atoms with E-state index in [-0.39, 0.29) is 0 Å². The summed E-state index contributed by atoms with van der Waals surface area (Å²) in [6.45, 7) is 19.5. The van der Waals surface area contributed by atoms with Crippen LogP contribution in [0.5, 0.6) is 0 Å². The molecule has 2 nitrogen and oxygen atoms in total. The fraction of sp³-hybridized carbons (Fsp3) is 0.275. The van der Waals surface area contributed by atoms with Gasteiger partial charge in [-0.2, -0.15) is 4.40 Å². The van der Waals surface area contributed by atoms with Gasteiger partial charge in [0.1, 0.15) is 5.52 Å². The molecule has 6 aromatic rings. The highest BCUT2D eigenvalue weighted by atomic mass is 15.1. The third-order valence-corrected chi connectivity index (χ3v) is 8.84. The molecule has 2 heteroatoms. The Morgan fingerprint density at radius 1 is 0.786 bits per heavy atom. The van der Waals surface area contributed by atoms with Crippen molar-refractivity contribution in [2.45, 2.75) is 66.7 Å². The minimum absolute atomic E-state index is 0.461. The molecule has 0 spiro atoms. The van der Waals surface area contributed by atoms with Crippen LogP contribution in [-0.2, 0) is 13.5 Å². The summed E-state index contributed by atoms with van der Waals surface area (Å²) in [6, 6.07) is 29.3. The van der Waals surface area contributed by atoms with Gasteiger partial charge in [-0.3, -0.25) is 0 Å². The molecule has 1 aliphatic heterocycles. The average Bonchev–Trinajstić information content (AvgIpc) is 3.23. The van der Waals surface area contributed by atoms with Crippen LogP contribution in [0.25, 0.3) is 49.7 Å². The maximum Gasteiger partial charge on any atom is 0.295 e. The van der Waals surface area contributed by atoms with Gasteiger partial charge in [0, 0.05) is 22.8 Å². The minimum Gasteiger partial charge on any atom is -0.229 e. The molecule has 214 valence electrons. The zero-order chi connectivity index (χ0) is 30.1. The van der Waals surface area contributed by atoms with E-state index in [0.29, 0.717) is 5.92 Å². The van der Waals surface area contributed by atoms with Gasteiger partial charge in [-0.05, 0) is 72.2 Å². The molecule has 0 saturated carbocycles. The second-order valence-corrected chi connectivity index (χ2v) is 11.8. The zero-order valence-electron chi connectivity index (χ0n) is 26.5. The molecule has 1 atom stereocenters. The summed E-state index contributed by atoms with van der Waals surface area (Å²) in [5.74, 6) is 0.461. The monoisotopic (exact) mass is 553 g/mol. The van der Waals surface area contributed by atoms with E-state index in [1.807, 2.05) is 0 Å². The van der Waals surface area contributed by atoms with Gasteiger partial charge in [0.05, 0.1) is 12.4 Å². The summed E-state index contributed by atoms with van der Waals surface area (Å²) >= 11 is 0. The van der Waals surface area contributed by atoms with Crippen molar-refractivity contribution < 1.29 is 4.40 Å². The Labute approximate surface area is 252 Å². The number of hydrogen-bond donors (Lipinski definition) is 0. The van der Waals surface area contributed by atoms with Crippen molar-refractivity contribution in [1.29, 1.82) is 0 Å². The van der Waals surface area contributed by atoms with E-state index in [1.165, 1.54) is 90.5 Å². The third kappa shape index (κ3) is 4.73. The molecule has 1 aliphatic rings. The van der Waals surface area contributed by atoms with Crippen LogP contribution in [-0.4, -0.2) is 4.57 Å². The molecule has 7 rings (SSSR count). The molecule has 4 aromatic carbocycles. The maximum atomic E-state index is 3.00. The van der Waals surface area contributed by atoms with E-state index in [0.717, 1.165) is 6.42 Å². The van der Waals surface area contributed by atoms with Gasteiger partial charge in [0.15, 0.2) is 11.4 Å². The number of unbranched alkanes of at least 4 members (excludes halogenated alkanes) is 1. The van der Waals surface area contributed by atoms with E-state index >= 15 is 0 Å². The Kier molecular flexibility index (Phi) is 8.36. The molecule has 0 fully saturated rings. The van der Waals surface area contributed by atoms with Gasteiger partial charge in [0.2, 0.25) is 0 Å². The largest absolute Gasteiger partial charge is 0.295 e. The molecule has 2 aromatic heterocycles. The van der Waals surface area contributed by atoms with Crippen LogP contribution >= 0.6 is 0 Å². The predicted molar refractivity (Wildman–Crippen MR) is 183 cm³/mol. The fourth-order valence-corrected chi connectivity index (χ4v) is 6.72. The number of aromatic nitrogens is 2. The van der Waals surface area contributed by atoms with Crippen LogP contribution in [0.3, 0.4) is 0 Å². The van der Waals surface area contributed by atoms with Crippen LogP contribution in [0.4, 0.5) is 0 Å². The summed E-state index contributed by atoms with van der Waals surface area (Å²) in [4.78, 5) is 0. The minimum atomic E-state index is 0.461. The quantitative estimate of drug-likeness (QED) is 0.117. The molecule has 0 saturated heterocycles. The van der Waals surface area contributed by atoms with Crippen LogP contribution in [0.15, 0.2) is 92.0 Å². The molecule has 2 bridgehead atoms. The average molecular weight is 554 g/mol. The first-order chi connectivity index (χ1) is 20.3. The first kappa shape index (κ1) is 29.3. The molecule has 3 heterocycles. The fourth-order valence-electron chi connectivity index (χ4n) is 6.72. The zero-order valence-corrected chi connectivity index (χ0v) is 26.5. The Balaban J connectivity index is 0.000000545. The van der Waals surface area contributed by atoms with Crippen LogP contribution in [0, 0.1) is 20.8 Å². The van der Waals surface area contributed by atoms with Gasteiger partial charge < -0.3 is 0 Å². The normalized spacial score (nSPS) is 13.6. The van der Waals surface area contributed by atoms with Crippen molar-refractivity contribution in [2.24, 2.45) is 7.05 Å². The number of nitrogens with zero attached hydrogens (tertiary/aromatic N) is 2. The predicted octanol–water partition coefficient (Wildman–Crippen LogP) is 10.6.